The Balaban J connectivity index is 2.59. The van der Waals surface area contributed by atoms with Crippen molar-refractivity contribution in [1.29, 1.82) is 0 Å². The number of ether oxygens (including phenoxy) is 1. The third-order valence-corrected chi connectivity index (χ3v) is 2.90. The van der Waals surface area contributed by atoms with Gasteiger partial charge in [-0.2, -0.15) is 13.2 Å². The maximum absolute atomic E-state index is 12.7. The predicted octanol–water partition coefficient (Wildman–Crippen LogP) is 3.38. The van der Waals surface area contributed by atoms with Crippen molar-refractivity contribution < 1.29 is 17.9 Å². The van der Waals surface area contributed by atoms with Crippen molar-refractivity contribution in [3.8, 4) is 17.0 Å². The van der Waals surface area contributed by atoms with Crippen molar-refractivity contribution >= 4 is 0 Å². The highest BCUT2D eigenvalue weighted by atomic mass is 19.4. The van der Waals surface area contributed by atoms with Gasteiger partial charge >= 0.3 is 6.18 Å². The Kier molecular flexibility index (Phi) is 3.57. The number of aromatic amines is 1. The first-order valence-corrected chi connectivity index (χ1v) is 5.78. The molecule has 1 aromatic heterocycles. The fourth-order valence-electron chi connectivity index (χ4n) is 1.92. The molecule has 20 heavy (non-hydrogen) atoms. The maximum Gasteiger partial charge on any atom is 0.416 e. The van der Waals surface area contributed by atoms with Crippen molar-refractivity contribution in [2.45, 2.75) is 13.1 Å². The number of hydrogen-bond acceptors (Lipinski definition) is 2. The number of alkyl halides is 3. The van der Waals surface area contributed by atoms with Crippen LogP contribution in [0.5, 0.6) is 5.75 Å². The van der Waals surface area contributed by atoms with Crippen LogP contribution in [0.2, 0.25) is 0 Å². The van der Waals surface area contributed by atoms with Crippen molar-refractivity contribution in [3.05, 3.63) is 51.8 Å². The molecule has 0 saturated carbocycles. The van der Waals surface area contributed by atoms with E-state index in [1.165, 1.54) is 7.11 Å². The van der Waals surface area contributed by atoms with E-state index in [0.29, 0.717) is 22.9 Å². The van der Waals surface area contributed by atoms with Gasteiger partial charge in [0.15, 0.2) is 0 Å². The number of aromatic nitrogens is 1. The topological polar surface area (TPSA) is 42.1 Å². The molecule has 2 rings (SSSR count). The highest BCUT2D eigenvalue weighted by molar-refractivity contribution is 5.65. The molecule has 6 heteroatoms. The summed E-state index contributed by atoms with van der Waals surface area (Å²) in [4.78, 5) is 13.8. The van der Waals surface area contributed by atoms with Gasteiger partial charge in [0.1, 0.15) is 5.75 Å². The maximum atomic E-state index is 12.7. The molecule has 3 nitrogen and oxygen atoms in total. The van der Waals surface area contributed by atoms with Crippen LogP contribution in [0.1, 0.15) is 11.1 Å². The number of methoxy groups -OCH3 is 1. The number of pyridine rings is 1. The zero-order valence-electron chi connectivity index (χ0n) is 10.8. The van der Waals surface area contributed by atoms with Crippen molar-refractivity contribution in [1.82, 2.24) is 4.98 Å². The fraction of sp³-hybridized carbons (Fsp3) is 0.214. The zero-order valence-corrected chi connectivity index (χ0v) is 10.8. The van der Waals surface area contributed by atoms with E-state index in [4.69, 9.17) is 4.74 Å². The highest BCUT2D eigenvalue weighted by Gasteiger charge is 2.31. The molecule has 1 N–H and O–H groups in total. The molecular weight excluding hydrogens is 271 g/mol. The minimum atomic E-state index is -4.55. The van der Waals surface area contributed by atoms with Crippen LogP contribution >= 0.6 is 0 Å². The van der Waals surface area contributed by atoms with Crippen molar-refractivity contribution in [2.75, 3.05) is 7.11 Å². The molecule has 0 radical (unpaired) electrons. The normalized spacial score (nSPS) is 11.4. The summed E-state index contributed by atoms with van der Waals surface area (Å²) in [5, 5.41) is 0. The Labute approximate surface area is 113 Å². The number of halogens is 3. The quantitative estimate of drug-likeness (QED) is 0.918. The molecule has 0 fully saturated rings. The predicted molar refractivity (Wildman–Crippen MR) is 68.8 cm³/mol. The molecule has 106 valence electrons. The molecule has 1 heterocycles. The third kappa shape index (κ3) is 2.84. The Bertz CT molecular complexity index is 690. The molecule has 0 amide bonds. The van der Waals surface area contributed by atoms with E-state index in [1.54, 1.807) is 25.1 Å². The van der Waals surface area contributed by atoms with Crippen LogP contribution in [-0.4, -0.2) is 12.1 Å². The molecule has 2 aromatic rings. The van der Waals surface area contributed by atoms with Crippen LogP contribution in [0.15, 0.2) is 35.1 Å². The van der Waals surface area contributed by atoms with E-state index in [0.717, 1.165) is 6.07 Å². The van der Waals surface area contributed by atoms with Crippen molar-refractivity contribution in [3.63, 3.8) is 0 Å². The molecule has 0 unspecified atom stereocenters. The minimum Gasteiger partial charge on any atom is -0.497 e. The van der Waals surface area contributed by atoms with E-state index in [1.807, 2.05) is 0 Å². The lowest BCUT2D eigenvalue weighted by Crippen LogP contribution is -2.14. The van der Waals surface area contributed by atoms with Gasteiger partial charge in [-0.05, 0) is 36.8 Å². The second kappa shape index (κ2) is 5.03. The van der Waals surface area contributed by atoms with Gasteiger partial charge in [0.05, 0.1) is 12.7 Å². The standard InChI is InChI=1S/C14H12F3NO2/c1-8-5-10(20-2)3-4-11(8)12-6-9(14(15,16)17)7-13(19)18-12/h3-7H,1-2H3,(H,18,19). The van der Waals surface area contributed by atoms with E-state index >= 15 is 0 Å². The van der Waals surface area contributed by atoms with E-state index in [9.17, 15) is 18.0 Å². The molecule has 1 aromatic carbocycles. The van der Waals surface area contributed by atoms with Crippen LogP contribution in [0.3, 0.4) is 0 Å². The Morgan fingerprint density at radius 3 is 2.40 bits per heavy atom. The summed E-state index contributed by atoms with van der Waals surface area (Å²) in [7, 11) is 1.50. The smallest absolute Gasteiger partial charge is 0.416 e. The van der Waals surface area contributed by atoms with Crippen LogP contribution < -0.4 is 10.3 Å². The van der Waals surface area contributed by atoms with Crippen LogP contribution in [0.4, 0.5) is 13.2 Å². The molecule has 0 aliphatic rings. The second-order valence-electron chi connectivity index (χ2n) is 4.33. The molecule has 0 atom stereocenters. The SMILES string of the molecule is COc1ccc(-c2cc(C(F)(F)F)cc(=O)[nH]2)c(C)c1. The minimum absolute atomic E-state index is 0.130. The van der Waals surface area contributed by atoms with Gasteiger partial charge < -0.3 is 9.72 Å². The lowest BCUT2D eigenvalue weighted by Gasteiger charge is -2.11. The van der Waals surface area contributed by atoms with Crippen LogP contribution in [-0.2, 0) is 6.18 Å². The summed E-state index contributed by atoms with van der Waals surface area (Å²) in [5.41, 5.74) is -0.394. The largest absolute Gasteiger partial charge is 0.497 e. The average molecular weight is 283 g/mol. The van der Waals surface area contributed by atoms with Crippen LogP contribution in [0.25, 0.3) is 11.3 Å². The molecule has 0 spiro atoms. The third-order valence-electron chi connectivity index (χ3n) is 2.90. The summed E-state index contributed by atoms with van der Waals surface area (Å²) < 4.78 is 43.2. The lowest BCUT2D eigenvalue weighted by atomic mass is 10.0. The van der Waals surface area contributed by atoms with Crippen LogP contribution in [0, 0.1) is 6.92 Å². The van der Waals surface area contributed by atoms with Gasteiger partial charge in [-0.3, -0.25) is 4.79 Å². The second-order valence-corrected chi connectivity index (χ2v) is 4.33. The monoisotopic (exact) mass is 283 g/mol. The van der Waals surface area contributed by atoms with E-state index in [-0.39, 0.29) is 5.69 Å². The van der Waals surface area contributed by atoms with Gasteiger partial charge in [-0.15, -0.1) is 0 Å². The number of H-pyrrole nitrogens is 1. The first-order chi connectivity index (χ1) is 9.31. The Morgan fingerprint density at radius 2 is 1.85 bits per heavy atom. The zero-order chi connectivity index (χ0) is 14.9. The average Bonchev–Trinajstić information content (AvgIpc) is 2.36. The van der Waals surface area contributed by atoms with Gasteiger partial charge in [0.2, 0.25) is 5.56 Å². The first kappa shape index (κ1) is 14.2. The summed E-state index contributed by atoms with van der Waals surface area (Å²) in [5.74, 6) is 0.598. The van der Waals surface area contributed by atoms with Gasteiger partial charge in [0.25, 0.3) is 0 Å². The summed E-state index contributed by atoms with van der Waals surface area (Å²) in [6, 6.07) is 6.40. The number of hydrogen-bond donors (Lipinski definition) is 1. The Morgan fingerprint density at radius 1 is 1.15 bits per heavy atom. The first-order valence-electron chi connectivity index (χ1n) is 5.78. The van der Waals surface area contributed by atoms with Gasteiger partial charge in [0, 0.05) is 17.3 Å². The summed E-state index contributed by atoms with van der Waals surface area (Å²) in [6.45, 7) is 1.73. The molecule has 0 saturated heterocycles. The summed E-state index contributed by atoms with van der Waals surface area (Å²) in [6.07, 6.45) is -4.55. The Hall–Kier alpha value is -2.24. The molecule has 0 aliphatic carbocycles. The number of nitrogens with one attached hydrogen (secondary N) is 1. The molecular formula is C14H12F3NO2. The lowest BCUT2D eigenvalue weighted by molar-refractivity contribution is -0.137. The number of benzene rings is 1. The van der Waals surface area contributed by atoms with E-state index in [2.05, 4.69) is 4.98 Å². The van der Waals surface area contributed by atoms with Gasteiger partial charge in [-0.25, -0.2) is 0 Å². The number of aryl methyl sites for hydroxylation is 1. The highest BCUT2D eigenvalue weighted by Crippen LogP contribution is 2.31. The number of rotatable bonds is 2. The van der Waals surface area contributed by atoms with E-state index < -0.39 is 17.3 Å². The summed E-state index contributed by atoms with van der Waals surface area (Å²) >= 11 is 0. The van der Waals surface area contributed by atoms with Crippen molar-refractivity contribution in [2.24, 2.45) is 0 Å². The fourth-order valence-corrected chi connectivity index (χ4v) is 1.92. The van der Waals surface area contributed by atoms with Gasteiger partial charge in [-0.1, -0.05) is 0 Å². The molecule has 0 aliphatic heterocycles. The molecule has 0 bridgehead atoms.